The second-order valence-electron chi connectivity index (χ2n) is 14.9. The van der Waals surface area contributed by atoms with Gasteiger partial charge in [0.05, 0.1) is 11.6 Å². The van der Waals surface area contributed by atoms with Gasteiger partial charge in [-0.1, -0.05) is 54.6 Å². The topological polar surface area (TPSA) is 176 Å². The fraction of sp³-hybridized carbons (Fsp3) is 0.366. The van der Waals surface area contributed by atoms with Crippen LogP contribution < -0.4 is 37.0 Å². The molecule has 8 rings (SSSR count). The van der Waals surface area contributed by atoms with E-state index in [0.717, 1.165) is 49.5 Å². The molecule has 4 aliphatic heterocycles. The molecule has 0 radical (unpaired) electrons. The number of aromatic nitrogens is 2. The third-order valence-corrected chi connectivity index (χ3v) is 11.5. The number of benzene rings is 2. The van der Waals surface area contributed by atoms with Gasteiger partial charge in [0.15, 0.2) is 5.82 Å². The van der Waals surface area contributed by atoms with Gasteiger partial charge in [-0.3, -0.25) is 25.1 Å². The van der Waals surface area contributed by atoms with Gasteiger partial charge < -0.3 is 20.9 Å². The zero-order chi connectivity index (χ0) is 38.0. The van der Waals surface area contributed by atoms with E-state index in [-0.39, 0.29) is 42.1 Å². The summed E-state index contributed by atoms with van der Waals surface area (Å²) in [5.41, 5.74) is 6.98. The Morgan fingerprint density at radius 3 is 2.73 bits per heavy atom. The standard InChI is InChI=1S/C41H43FN10O3/c42-32-21-29(47-33-9-10-35(53)49-39(33)55)7-8-31(32)37-28(23-46-37)20-30-24-44-17-18-52(30)34-12-16-45-38(48-34)27-6-4-5-26(19-27)22-41(15-11-36(54)50-51-41)40(25-43)13-2-1-3-14-40/h1-8,11-13,15-16,19,21,28,30,33,37,44,46-47,51H,9-10,14,17-18,20,22-24H2,(H,50,54)(H,49,53,55). The maximum absolute atomic E-state index is 15.5. The lowest BCUT2D eigenvalue weighted by Crippen LogP contribution is -2.64. The molecule has 6 atom stereocenters. The third-order valence-electron chi connectivity index (χ3n) is 11.5. The van der Waals surface area contributed by atoms with Gasteiger partial charge in [0, 0.05) is 73.8 Å². The van der Waals surface area contributed by atoms with Gasteiger partial charge >= 0.3 is 0 Å². The van der Waals surface area contributed by atoms with Crippen molar-refractivity contribution < 1.29 is 18.8 Å². The van der Waals surface area contributed by atoms with Gasteiger partial charge in [-0.05, 0) is 61.4 Å². The third kappa shape index (κ3) is 7.26. The number of amides is 3. The van der Waals surface area contributed by atoms with E-state index in [4.69, 9.17) is 4.98 Å². The molecular formula is C41H43FN10O3. The Hall–Kier alpha value is -5.75. The maximum Gasteiger partial charge on any atom is 0.257 e. The molecule has 1 aromatic heterocycles. The summed E-state index contributed by atoms with van der Waals surface area (Å²) >= 11 is 0. The van der Waals surface area contributed by atoms with E-state index < -0.39 is 22.9 Å². The predicted molar refractivity (Wildman–Crippen MR) is 204 cm³/mol. The highest BCUT2D eigenvalue weighted by Crippen LogP contribution is 2.43. The Kier molecular flexibility index (Phi) is 10.00. The molecule has 14 heteroatoms. The molecule has 3 saturated heterocycles. The van der Waals surface area contributed by atoms with Crippen LogP contribution in [0.2, 0.25) is 0 Å². The number of allylic oxidation sites excluding steroid dienone is 3. The smallest absolute Gasteiger partial charge is 0.257 e. The second kappa shape index (κ2) is 15.2. The number of nitriles is 1. The van der Waals surface area contributed by atoms with Crippen LogP contribution in [-0.4, -0.2) is 71.5 Å². The highest BCUT2D eigenvalue weighted by molar-refractivity contribution is 6.01. The van der Waals surface area contributed by atoms with E-state index in [1.807, 2.05) is 54.6 Å². The Labute approximate surface area is 318 Å². The van der Waals surface area contributed by atoms with E-state index in [1.165, 1.54) is 12.1 Å². The maximum atomic E-state index is 15.5. The molecular weight excluding hydrogens is 700 g/mol. The molecule has 1 aliphatic carbocycles. The number of hydrogen-bond donors (Lipinski definition) is 6. The summed E-state index contributed by atoms with van der Waals surface area (Å²) in [4.78, 5) is 47.9. The summed E-state index contributed by atoms with van der Waals surface area (Å²) < 4.78 is 15.5. The minimum absolute atomic E-state index is 0.118. The summed E-state index contributed by atoms with van der Waals surface area (Å²) in [5, 5.41) is 22.8. The van der Waals surface area contributed by atoms with Crippen molar-refractivity contribution in [3.8, 4) is 17.5 Å². The molecule has 0 saturated carbocycles. The molecule has 13 nitrogen and oxygen atoms in total. The lowest BCUT2D eigenvalue weighted by atomic mass is 9.64. The molecule has 2 aromatic carbocycles. The first-order valence-corrected chi connectivity index (χ1v) is 18.8. The van der Waals surface area contributed by atoms with Gasteiger partial charge in [0.2, 0.25) is 11.8 Å². The van der Waals surface area contributed by atoms with Crippen molar-refractivity contribution in [2.75, 3.05) is 36.4 Å². The fourth-order valence-electron chi connectivity index (χ4n) is 8.43. The van der Waals surface area contributed by atoms with Crippen LogP contribution in [0.5, 0.6) is 0 Å². The van der Waals surface area contributed by atoms with E-state index >= 15 is 4.39 Å². The Morgan fingerprint density at radius 2 is 1.98 bits per heavy atom. The molecule has 5 aliphatic rings. The summed E-state index contributed by atoms with van der Waals surface area (Å²) in [6.07, 6.45) is 15.1. The highest BCUT2D eigenvalue weighted by atomic mass is 19.1. The van der Waals surface area contributed by atoms with Crippen LogP contribution in [0.3, 0.4) is 0 Å². The fourth-order valence-corrected chi connectivity index (χ4v) is 8.43. The van der Waals surface area contributed by atoms with Crippen molar-refractivity contribution in [3.63, 3.8) is 0 Å². The number of anilines is 2. The minimum atomic E-state index is -0.922. The SMILES string of the molecule is N#CC1(C2(Cc3cccc(-c4nccc(N5CCNCC5CC5CNC5c5ccc(NC6CCC(=O)NC6=O)cc5F)n4)c3)C=CC(=O)NN2)C=CC=CC1. The van der Waals surface area contributed by atoms with Gasteiger partial charge in [0.25, 0.3) is 5.91 Å². The van der Waals surface area contributed by atoms with E-state index in [9.17, 15) is 19.6 Å². The number of hydrogen-bond acceptors (Lipinski definition) is 11. The molecule has 6 N–H and O–H groups in total. The van der Waals surface area contributed by atoms with Crippen LogP contribution in [0.4, 0.5) is 15.9 Å². The number of nitrogens with zero attached hydrogens (tertiary/aromatic N) is 4. The first kappa shape index (κ1) is 36.2. The van der Waals surface area contributed by atoms with Crippen LogP contribution in [0.25, 0.3) is 11.4 Å². The largest absolute Gasteiger partial charge is 0.374 e. The average Bonchev–Trinajstić information content (AvgIpc) is 3.20. The van der Waals surface area contributed by atoms with Crippen LogP contribution >= 0.6 is 0 Å². The molecule has 0 spiro atoms. The number of nitrogens with one attached hydrogen (secondary N) is 6. The molecule has 55 heavy (non-hydrogen) atoms. The molecule has 3 aromatic rings. The quantitative estimate of drug-likeness (QED) is 0.168. The molecule has 3 fully saturated rings. The number of hydrazine groups is 1. The molecule has 0 bridgehead atoms. The van der Waals surface area contributed by atoms with Gasteiger partial charge in [0.1, 0.15) is 23.1 Å². The number of piperazine rings is 1. The van der Waals surface area contributed by atoms with Gasteiger partial charge in [-0.2, -0.15) is 5.26 Å². The molecule has 3 amide bonds. The normalized spacial score (nSPS) is 28.9. The zero-order valence-electron chi connectivity index (χ0n) is 30.2. The summed E-state index contributed by atoms with van der Waals surface area (Å²) in [6.45, 7) is 3.09. The van der Waals surface area contributed by atoms with Gasteiger partial charge in [-0.15, -0.1) is 0 Å². The number of carbonyl (C=O) groups excluding carboxylic acids is 3. The van der Waals surface area contributed by atoms with Crippen molar-refractivity contribution in [1.29, 1.82) is 5.26 Å². The van der Waals surface area contributed by atoms with Crippen molar-refractivity contribution >= 4 is 29.2 Å². The van der Waals surface area contributed by atoms with Crippen LogP contribution in [0.1, 0.15) is 42.9 Å². The number of rotatable bonds is 10. The van der Waals surface area contributed by atoms with Gasteiger partial charge in [-0.25, -0.2) is 19.8 Å². The Balaban J connectivity index is 0.974. The Morgan fingerprint density at radius 1 is 1.07 bits per heavy atom. The summed E-state index contributed by atoms with van der Waals surface area (Å²) in [6, 6.07) is 16.8. The zero-order valence-corrected chi connectivity index (χ0v) is 30.2. The molecule has 282 valence electrons. The average molecular weight is 743 g/mol. The lowest BCUT2D eigenvalue weighted by Gasteiger charge is -2.45. The predicted octanol–water partition coefficient (Wildman–Crippen LogP) is 3.13. The minimum Gasteiger partial charge on any atom is -0.374 e. The molecule has 6 unspecified atom stereocenters. The van der Waals surface area contributed by atoms with E-state index in [1.54, 1.807) is 24.4 Å². The second-order valence-corrected chi connectivity index (χ2v) is 14.9. The first-order valence-electron chi connectivity index (χ1n) is 18.8. The van der Waals surface area contributed by atoms with Crippen molar-refractivity contribution in [2.24, 2.45) is 11.3 Å². The van der Waals surface area contributed by atoms with Crippen molar-refractivity contribution in [2.45, 2.75) is 55.8 Å². The monoisotopic (exact) mass is 742 g/mol. The summed E-state index contributed by atoms with van der Waals surface area (Å²) in [5.74, 6) is 0.292. The molecule has 5 heterocycles. The van der Waals surface area contributed by atoms with Crippen LogP contribution in [-0.2, 0) is 20.8 Å². The van der Waals surface area contributed by atoms with Crippen molar-refractivity contribution in [3.05, 3.63) is 108 Å². The Bertz CT molecular complexity index is 2130. The van der Waals surface area contributed by atoms with E-state index in [0.29, 0.717) is 36.3 Å². The van der Waals surface area contributed by atoms with Crippen LogP contribution in [0, 0.1) is 28.5 Å². The van der Waals surface area contributed by atoms with E-state index in [2.05, 4.69) is 48.1 Å². The first-order chi connectivity index (χ1) is 26.7. The lowest BCUT2D eigenvalue weighted by molar-refractivity contribution is -0.133. The number of imide groups is 1. The summed E-state index contributed by atoms with van der Waals surface area (Å²) in [7, 11) is 0. The number of halogens is 1. The number of piperidine rings is 1. The highest BCUT2D eigenvalue weighted by Gasteiger charge is 2.50. The number of carbonyl (C=O) groups is 3. The van der Waals surface area contributed by atoms with Crippen LogP contribution in [0.15, 0.2) is 91.2 Å². The van der Waals surface area contributed by atoms with Crippen molar-refractivity contribution in [1.82, 2.24) is 36.8 Å².